The molecule has 8 amide bonds. The number of hydrogen-bond acceptors (Lipinski definition) is 18. The highest BCUT2D eigenvalue weighted by atomic mass is 16.3. The standard InChI is InChI=1S/C54H99N13O13/c1-7-9-10-11-12-13-37(70)27-34(14-20-55)47(73)65-42(30-68)44(72)28-35(15-21-56)48(74)62-41-19-25-60-53(79)46(33(6)69)67-52(78)40(18-24-59)63-50(76)39(17-23-58)64-54(80)45(32(5)8-2)66-49(75)36(26-31(3)4)29-43(71)38(16-22-57)61-51(41)77/h31-36,38-42,45-46,68-69H,7-30,55-59H2,1-6H3,(H,60,79)(H,61,77)(H,62,74)(H,63,76)(H,64,80)(H,65,73)(H,66,75)(H,67,78)/t32-,33+,34+,35+,36-,38-,39-,40-,41-,42-,45-,46-/m0/s1. The van der Waals surface area contributed by atoms with E-state index in [0.717, 1.165) is 25.7 Å². The largest absolute Gasteiger partial charge is 0.394 e. The molecule has 0 bridgehead atoms. The van der Waals surface area contributed by atoms with E-state index in [1.165, 1.54) is 6.92 Å². The number of aliphatic hydroxyl groups excluding tert-OH is 2. The Bertz CT molecular complexity index is 2000. The molecule has 0 unspecified atom stereocenters. The summed E-state index contributed by atoms with van der Waals surface area (Å²) in [4.78, 5) is 153. The predicted octanol–water partition coefficient (Wildman–Crippen LogP) is -2.80. The molecular weight excluding hydrogens is 1040 g/mol. The molecule has 0 spiro atoms. The SMILES string of the molecule is CCCCCCCC(=O)C[C@@H](CCN)C(=O)N[C@@H](CO)C(=O)C[C@@H](CCN)C(=O)N[C@H]1CCNC(=O)[C@H]([C@@H](C)O)NC(=O)[C@H](CCN)NC(=O)[C@H](CCN)NC(=O)[C@H]([C@@H](C)CC)NC(=O)[C@@H](CC(C)C)CC(=O)[C@H](CCN)NC1=O. The van der Waals surface area contributed by atoms with Crippen LogP contribution in [-0.4, -0.2) is 169 Å². The summed E-state index contributed by atoms with van der Waals surface area (Å²) < 4.78 is 0. The fourth-order valence-electron chi connectivity index (χ4n) is 9.29. The second kappa shape index (κ2) is 39.8. The maximum Gasteiger partial charge on any atom is 0.245 e. The van der Waals surface area contributed by atoms with Crippen LogP contribution in [0.15, 0.2) is 0 Å². The lowest BCUT2D eigenvalue weighted by Gasteiger charge is -2.29. The Morgan fingerprint density at radius 2 is 1.16 bits per heavy atom. The van der Waals surface area contributed by atoms with E-state index < -0.39 is 163 Å². The van der Waals surface area contributed by atoms with Crippen molar-refractivity contribution in [3.05, 3.63) is 0 Å². The molecule has 1 aliphatic rings. The van der Waals surface area contributed by atoms with Crippen LogP contribution >= 0.6 is 0 Å². The molecular formula is C54H99N13O13. The average Bonchev–Trinajstić information content (AvgIpc) is 3.40. The number of nitrogens with one attached hydrogen (secondary N) is 8. The van der Waals surface area contributed by atoms with Gasteiger partial charge >= 0.3 is 0 Å². The van der Waals surface area contributed by atoms with Crippen LogP contribution in [0, 0.1) is 29.6 Å². The summed E-state index contributed by atoms with van der Waals surface area (Å²) in [6, 6.07) is -9.97. The van der Waals surface area contributed by atoms with Gasteiger partial charge in [-0.2, -0.15) is 0 Å². The van der Waals surface area contributed by atoms with Crippen LogP contribution in [0.3, 0.4) is 0 Å². The molecule has 0 aliphatic carbocycles. The van der Waals surface area contributed by atoms with E-state index in [1.807, 2.05) is 13.8 Å². The van der Waals surface area contributed by atoms with Gasteiger partial charge in [0.2, 0.25) is 47.3 Å². The highest BCUT2D eigenvalue weighted by molar-refractivity contribution is 5.99. The summed E-state index contributed by atoms with van der Waals surface area (Å²) in [7, 11) is 0. The Morgan fingerprint density at radius 1 is 0.625 bits per heavy atom. The number of carbonyl (C=O) groups is 11. The third kappa shape index (κ3) is 26.4. The first-order valence-electron chi connectivity index (χ1n) is 28.7. The van der Waals surface area contributed by atoms with Crippen LogP contribution < -0.4 is 71.2 Å². The lowest BCUT2D eigenvalue weighted by Crippen LogP contribution is -2.60. The molecule has 458 valence electrons. The zero-order chi connectivity index (χ0) is 60.5. The molecule has 1 fully saturated rings. The summed E-state index contributed by atoms with van der Waals surface area (Å²) in [5.41, 5.74) is 29.3. The van der Waals surface area contributed by atoms with Gasteiger partial charge in [0, 0.05) is 50.0 Å². The number of nitrogens with two attached hydrogens (primary N) is 5. The van der Waals surface area contributed by atoms with Gasteiger partial charge in [0.15, 0.2) is 11.6 Å². The lowest BCUT2D eigenvalue weighted by molar-refractivity contribution is -0.137. The van der Waals surface area contributed by atoms with Crippen molar-refractivity contribution in [2.24, 2.45) is 58.3 Å². The first-order valence-corrected chi connectivity index (χ1v) is 28.7. The van der Waals surface area contributed by atoms with Gasteiger partial charge in [0.25, 0.3) is 0 Å². The molecule has 1 aliphatic heterocycles. The third-order valence-corrected chi connectivity index (χ3v) is 14.3. The number of Topliss-reactive ketones (excluding diaryl/α,β-unsaturated/α-hetero) is 3. The molecule has 12 atom stereocenters. The molecule has 26 heteroatoms. The zero-order valence-corrected chi connectivity index (χ0v) is 48.2. The number of carbonyl (C=O) groups excluding carboxylic acids is 11. The summed E-state index contributed by atoms with van der Waals surface area (Å²) >= 11 is 0. The summed E-state index contributed by atoms with van der Waals surface area (Å²) in [5, 5.41) is 41.7. The van der Waals surface area contributed by atoms with Crippen molar-refractivity contribution in [2.45, 2.75) is 199 Å². The maximum atomic E-state index is 14.4. The summed E-state index contributed by atoms with van der Waals surface area (Å²) in [6.45, 7) is 8.79. The number of amides is 8. The Kier molecular flexibility index (Phi) is 36.1. The van der Waals surface area contributed by atoms with Crippen LogP contribution in [-0.2, 0) is 52.7 Å². The van der Waals surface area contributed by atoms with E-state index >= 15 is 0 Å². The van der Waals surface area contributed by atoms with Crippen molar-refractivity contribution < 1.29 is 63.0 Å². The molecule has 0 saturated carbocycles. The molecule has 80 heavy (non-hydrogen) atoms. The van der Waals surface area contributed by atoms with Crippen molar-refractivity contribution in [3.63, 3.8) is 0 Å². The monoisotopic (exact) mass is 1140 g/mol. The summed E-state index contributed by atoms with van der Waals surface area (Å²) in [6.07, 6.45) is 2.03. The molecule has 0 aromatic carbocycles. The van der Waals surface area contributed by atoms with Crippen molar-refractivity contribution in [3.8, 4) is 0 Å². The van der Waals surface area contributed by atoms with Gasteiger partial charge in [-0.3, -0.25) is 52.7 Å². The first-order chi connectivity index (χ1) is 38.0. The third-order valence-electron chi connectivity index (χ3n) is 14.3. The normalized spacial score (nSPS) is 23.4. The lowest BCUT2D eigenvalue weighted by atomic mass is 9.88. The number of hydrogen-bond donors (Lipinski definition) is 15. The average molecular weight is 1140 g/mol. The molecule has 1 heterocycles. The van der Waals surface area contributed by atoms with Gasteiger partial charge in [-0.05, 0) is 103 Å². The van der Waals surface area contributed by atoms with Crippen LogP contribution in [0.25, 0.3) is 0 Å². The number of rotatable bonds is 31. The van der Waals surface area contributed by atoms with Crippen molar-refractivity contribution in [1.82, 2.24) is 42.5 Å². The molecule has 0 aromatic heterocycles. The van der Waals surface area contributed by atoms with Crippen LogP contribution in [0.4, 0.5) is 0 Å². The van der Waals surface area contributed by atoms with E-state index in [2.05, 4.69) is 49.5 Å². The van der Waals surface area contributed by atoms with Crippen molar-refractivity contribution in [1.29, 1.82) is 0 Å². The maximum absolute atomic E-state index is 14.4. The Labute approximate surface area is 472 Å². The molecule has 1 rings (SSSR count). The highest BCUT2D eigenvalue weighted by Crippen LogP contribution is 2.21. The fourth-order valence-corrected chi connectivity index (χ4v) is 9.29. The fraction of sp³-hybridized carbons (Fsp3) is 0.796. The van der Waals surface area contributed by atoms with Crippen molar-refractivity contribution >= 4 is 64.6 Å². The minimum Gasteiger partial charge on any atom is -0.394 e. The molecule has 0 aromatic rings. The minimum absolute atomic E-state index is 0.0682. The van der Waals surface area contributed by atoms with Gasteiger partial charge in [-0.25, -0.2) is 0 Å². The van der Waals surface area contributed by atoms with Crippen LogP contribution in [0.2, 0.25) is 0 Å². The molecule has 26 nitrogen and oxygen atoms in total. The second-order valence-corrected chi connectivity index (χ2v) is 21.5. The van der Waals surface area contributed by atoms with Gasteiger partial charge in [0.05, 0.1) is 18.8 Å². The molecule has 0 radical (unpaired) electrons. The second-order valence-electron chi connectivity index (χ2n) is 21.5. The van der Waals surface area contributed by atoms with E-state index in [0.29, 0.717) is 12.8 Å². The predicted molar refractivity (Wildman–Crippen MR) is 300 cm³/mol. The van der Waals surface area contributed by atoms with Crippen molar-refractivity contribution in [2.75, 3.05) is 45.9 Å². The van der Waals surface area contributed by atoms with Crippen LogP contribution in [0.1, 0.15) is 151 Å². The Hall–Kier alpha value is -5.51. The Morgan fingerprint density at radius 3 is 1.70 bits per heavy atom. The van der Waals surface area contributed by atoms with E-state index in [9.17, 15) is 63.0 Å². The minimum atomic E-state index is -1.65. The molecule has 20 N–H and O–H groups in total. The highest BCUT2D eigenvalue weighted by Gasteiger charge is 2.38. The Balaban J connectivity index is 3.79. The smallest absolute Gasteiger partial charge is 0.245 e. The van der Waals surface area contributed by atoms with E-state index in [4.69, 9.17) is 28.7 Å². The van der Waals surface area contributed by atoms with Gasteiger partial charge < -0.3 is 81.4 Å². The zero-order valence-electron chi connectivity index (χ0n) is 48.2. The van der Waals surface area contributed by atoms with Crippen LogP contribution in [0.5, 0.6) is 0 Å². The topological polar surface area (TPSA) is 455 Å². The van der Waals surface area contributed by atoms with E-state index in [1.54, 1.807) is 13.8 Å². The van der Waals surface area contributed by atoms with E-state index in [-0.39, 0.29) is 95.8 Å². The van der Waals surface area contributed by atoms with Gasteiger partial charge in [-0.15, -0.1) is 0 Å². The molecule has 1 saturated heterocycles. The number of aliphatic hydroxyl groups is 2. The quantitative estimate of drug-likeness (QED) is 0.0312. The summed E-state index contributed by atoms with van der Waals surface area (Å²) in [5.74, 6) is -12.0. The van der Waals surface area contributed by atoms with Gasteiger partial charge in [0.1, 0.15) is 42.0 Å². The van der Waals surface area contributed by atoms with Gasteiger partial charge in [-0.1, -0.05) is 66.7 Å². The number of unbranched alkanes of at least 4 members (excludes halogenated alkanes) is 4. The first kappa shape index (κ1) is 72.5. The number of ketones is 3.